The average Bonchev–Trinajstić information content (AvgIpc) is 2.26. The largest absolute Gasteiger partial charge is 0.481 e. The van der Waals surface area contributed by atoms with Crippen LogP contribution in [0.5, 0.6) is 0 Å². The highest BCUT2D eigenvalue weighted by Crippen LogP contribution is 2.14. The van der Waals surface area contributed by atoms with E-state index in [1.807, 2.05) is 0 Å². The van der Waals surface area contributed by atoms with Gasteiger partial charge in [-0.15, -0.1) is 0 Å². The Balaban J connectivity index is 4.16. The van der Waals surface area contributed by atoms with Crippen molar-refractivity contribution in [2.75, 3.05) is 13.6 Å². The maximum absolute atomic E-state index is 11.8. The van der Waals surface area contributed by atoms with Gasteiger partial charge in [0.25, 0.3) is 0 Å². The molecule has 0 aliphatic rings. The zero-order valence-electron chi connectivity index (χ0n) is 10.7. The summed E-state index contributed by atoms with van der Waals surface area (Å²) in [7, 11) is 1.74. The summed E-state index contributed by atoms with van der Waals surface area (Å²) < 4.78 is 0. The van der Waals surface area contributed by atoms with E-state index < -0.39 is 17.8 Å². The zero-order chi connectivity index (χ0) is 12.7. The summed E-state index contributed by atoms with van der Waals surface area (Å²) in [6.45, 7) is 6.07. The van der Waals surface area contributed by atoms with Gasteiger partial charge in [0.05, 0.1) is 5.92 Å². The maximum atomic E-state index is 11.8. The van der Waals surface area contributed by atoms with Crippen molar-refractivity contribution in [3.05, 3.63) is 0 Å². The van der Waals surface area contributed by atoms with Crippen LogP contribution in [0.15, 0.2) is 0 Å². The first-order chi connectivity index (χ1) is 7.41. The van der Waals surface area contributed by atoms with E-state index in [0.29, 0.717) is 6.54 Å². The molecule has 0 spiro atoms. The molecule has 4 nitrogen and oxygen atoms in total. The minimum atomic E-state index is -0.914. The van der Waals surface area contributed by atoms with Crippen molar-refractivity contribution in [3.63, 3.8) is 0 Å². The molecule has 0 rings (SSSR count). The van der Waals surface area contributed by atoms with Crippen molar-refractivity contribution in [1.82, 2.24) is 4.90 Å². The molecule has 0 saturated heterocycles. The van der Waals surface area contributed by atoms with E-state index in [1.165, 1.54) is 0 Å². The fraction of sp³-hybridized carbons (Fsp3) is 0.833. The van der Waals surface area contributed by atoms with E-state index in [-0.39, 0.29) is 5.91 Å². The molecule has 0 aromatic carbocycles. The SMILES string of the molecule is CCCCCN(C)C(=O)C(C)C(C)C(=O)O. The summed E-state index contributed by atoms with van der Waals surface area (Å²) in [4.78, 5) is 24.2. The number of carboxylic acids is 1. The van der Waals surface area contributed by atoms with Crippen LogP contribution in [0.25, 0.3) is 0 Å². The molecule has 1 N–H and O–H groups in total. The van der Waals surface area contributed by atoms with Crippen LogP contribution in [0.3, 0.4) is 0 Å². The lowest BCUT2D eigenvalue weighted by Crippen LogP contribution is -2.37. The van der Waals surface area contributed by atoms with Crippen LogP contribution in [-0.2, 0) is 9.59 Å². The third-order valence-corrected chi connectivity index (χ3v) is 3.00. The summed E-state index contributed by atoms with van der Waals surface area (Å²) in [5.41, 5.74) is 0. The molecule has 2 unspecified atom stereocenters. The normalized spacial score (nSPS) is 14.2. The number of unbranched alkanes of at least 4 members (excludes halogenated alkanes) is 2. The number of carbonyl (C=O) groups excluding carboxylic acids is 1. The summed E-state index contributed by atoms with van der Waals surface area (Å²) in [6.07, 6.45) is 3.19. The van der Waals surface area contributed by atoms with Crippen LogP contribution in [0.4, 0.5) is 0 Å². The summed E-state index contributed by atoms with van der Waals surface area (Å²) in [5.74, 6) is -2.07. The first kappa shape index (κ1) is 14.9. The van der Waals surface area contributed by atoms with Gasteiger partial charge >= 0.3 is 5.97 Å². The number of rotatable bonds is 7. The minimum absolute atomic E-state index is 0.0778. The van der Waals surface area contributed by atoms with Crippen molar-refractivity contribution in [2.24, 2.45) is 11.8 Å². The van der Waals surface area contributed by atoms with Crippen LogP contribution >= 0.6 is 0 Å². The first-order valence-electron chi connectivity index (χ1n) is 5.89. The van der Waals surface area contributed by atoms with E-state index >= 15 is 0 Å². The molecule has 0 radical (unpaired) electrons. The maximum Gasteiger partial charge on any atom is 0.307 e. The van der Waals surface area contributed by atoms with E-state index in [2.05, 4.69) is 6.92 Å². The van der Waals surface area contributed by atoms with Crippen LogP contribution in [0.1, 0.15) is 40.0 Å². The Morgan fingerprint density at radius 2 is 1.75 bits per heavy atom. The van der Waals surface area contributed by atoms with Crippen LogP contribution in [-0.4, -0.2) is 35.5 Å². The van der Waals surface area contributed by atoms with Crippen LogP contribution in [0.2, 0.25) is 0 Å². The average molecular weight is 229 g/mol. The molecule has 0 fully saturated rings. The monoisotopic (exact) mass is 229 g/mol. The molecule has 0 aromatic heterocycles. The standard InChI is InChI=1S/C12H23NO3/c1-5-6-7-8-13(4)11(14)9(2)10(3)12(15)16/h9-10H,5-8H2,1-4H3,(H,15,16). The number of aliphatic carboxylic acids is 1. The van der Waals surface area contributed by atoms with Gasteiger partial charge in [-0.2, -0.15) is 0 Å². The number of hydrogen-bond donors (Lipinski definition) is 1. The first-order valence-corrected chi connectivity index (χ1v) is 5.89. The molecule has 16 heavy (non-hydrogen) atoms. The number of nitrogens with zero attached hydrogens (tertiary/aromatic N) is 1. The number of carbonyl (C=O) groups is 2. The molecule has 2 atom stereocenters. The minimum Gasteiger partial charge on any atom is -0.481 e. The van der Waals surface area contributed by atoms with Gasteiger partial charge < -0.3 is 10.0 Å². The molecular weight excluding hydrogens is 206 g/mol. The molecule has 1 amide bonds. The van der Waals surface area contributed by atoms with Crippen molar-refractivity contribution in [3.8, 4) is 0 Å². The lowest BCUT2D eigenvalue weighted by molar-refractivity contribution is -0.148. The van der Waals surface area contributed by atoms with E-state index in [9.17, 15) is 9.59 Å². The predicted octanol–water partition coefficient (Wildman–Crippen LogP) is 1.99. The second kappa shape index (κ2) is 7.25. The molecule has 4 heteroatoms. The van der Waals surface area contributed by atoms with E-state index in [1.54, 1.807) is 25.8 Å². The lowest BCUT2D eigenvalue weighted by atomic mass is 9.95. The third-order valence-electron chi connectivity index (χ3n) is 3.00. The van der Waals surface area contributed by atoms with E-state index in [0.717, 1.165) is 19.3 Å². The second-order valence-electron chi connectivity index (χ2n) is 4.38. The molecule has 0 aliphatic heterocycles. The van der Waals surface area contributed by atoms with Gasteiger partial charge in [-0.05, 0) is 6.42 Å². The van der Waals surface area contributed by atoms with Gasteiger partial charge in [0.1, 0.15) is 0 Å². The Morgan fingerprint density at radius 3 is 2.19 bits per heavy atom. The van der Waals surface area contributed by atoms with Gasteiger partial charge in [0.15, 0.2) is 0 Å². The van der Waals surface area contributed by atoms with Crippen molar-refractivity contribution < 1.29 is 14.7 Å². The number of carboxylic acid groups (broad SMARTS) is 1. The van der Waals surface area contributed by atoms with Crippen LogP contribution in [0, 0.1) is 11.8 Å². The summed E-state index contributed by atoms with van der Waals surface area (Å²) in [5, 5.41) is 8.83. The fourth-order valence-corrected chi connectivity index (χ4v) is 1.48. The Labute approximate surface area is 97.6 Å². The molecule has 0 heterocycles. The quantitative estimate of drug-likeness (QED) is 0.679. The molecular formula is C12H23NO3. The molecule has 0 aromatic rings. The number of hydrogen-bond acceptors (Lipinski definition) is 2. The highest BCUT2D eigenvalue weighted by molar-refractivity contribution is 5.84. The topological polar surface area (TPSA) is 57.6 Å². The van der Waals surface area contributed by atoms with Gasteiger partial charge in [-0.25, -0.2) is 0 Å². The number of amides is 1. The molecule has 0 saturated carbocycles. The van der Waals surface area contributed by atoms with Crippen LogP contribution < -0.4 is 0 Å². The molecule has 94 valence electrons. The third kappa shape index (κ3) is 4.64. The summed E-state index contributed by atoms with van der Waals surface area (Å²) in [6, 6.07) is 0. The predicted molar refractivity (Wildman–Crippen MR) is 63.1 cm³/mol. The van der Waals surface area contributed by atoms with Crippen molar-refractivity contribution in [1.29, 1.82) is 0 Å². The Morgan fingerprint density at radius 1 is 1.19 bits per heavy atom. The van der Waals surface area contributed by atoms with E-state index in [4.69, 9.17) is 5.11 Å². The fourth-order valence-electron chi connectivity index (χ4n) is 1.48. The highest BCUT2D eigenvalue weighted by Gasteiger charge is 2.27. The van der Waals surface area contributed by atoms with Gasteiger partial charge in [-0.1, -0.05) is 33.6 Å². The molecule has 0 bridgehead atoms. The highest BCUT2D eigenvalue weighted by atomic mass is 16.4. The smallest absolute Gasteiger partial charge is 0.307 e. The van der Waals surface area contributed by atoms with Gasteiger partial charge in [0.2, 0.25) is 5.91 Å². The lowest BCUT2D eigenvalue weighted by Gasteiger charge is -2.23. The van der Waals surface area contributed by atoms with Crippen molar-refractivity contribution >= 4 is 11.9 Å². The van der Waals surface area contributed by atoms with Gasteiger partial charge in [0, 0.05) is 19.5 Å². The Bertz CT molecular complexity index is 240. The Kier molecular flexibility index (Phi) is 6.77. The molecule has 0 aliphatic carbocycles. The summed E-state index contributed by atoms with van der Waals surface area (Å²) >= 11 is 0. The Hall–Kier alpha value is -1.06. The van der Waals surface area contributed by atoms with Crippen molar-refractivity contribution in [2.45, 2.75) is 40.0 Å². The second-order valence-corrected chi connectivity index (χ2v) is 4.38. The van der Waals surface area contributed by atoms with Gasteiger partial charge in [-0.3, -0.25) is 9.59 Å². The zero-order valence-corrected chi connectivity index (χ0v) is 10.7.